The summed E-state index contributed by atoms with van der Waals surface area (Å²) in [7, 11) is -9.01. The van der Waals surface area contributed by atoms with E-state index >= 15 is 0 Å². The molecule has 2 aromatic carbocycles. The average Bonchev–Trinajstić information content (AvgIpc) is 2.45. The lowest BCUT2D eigenvalue weighted by Gasteiger charge is -2.12. The largest absolute Gasteiger partial charge is 0.299 e. The van der Waals surface area contributed by atoms with Gasteiger partial charge in [-0.05, 0) is 17.9 Å². The second kappa shape index (κ2) is 6.33. The van der Waals surface area contributed by atoms with E-state index in [9.17, 15) is 21.4 Å². The van der Waals surface area contributed by atoms with Crippen LogP contribution in [0.15, 0.2) is 46.2 Å². The molecule has 120 valence electrons. The van der Waals surface area contributed by atoms with E-state index in [1.54, 1.807) is 18.2 Å². The second-order valence-corrected chi connectivity index (χ2v) is 7.66. The lowest BCUT2D eigenvalue weighted by atomic mass is 10.1. The summed E-state index contributed by atoms with van der Waals surface area (Å²) in [4.78, 5) is -1.20. The van der Waals surface area contributed by atoms with Gasteiger partial charge >= 0.3 is 0 Å². The SMILES string of the molecule is CCCCOS(=O)(=O)c1c(S(=O)(=O)O)ccc2ccccc12. The molecule has 0 spiro atoms. The summed E-state index contributed by atoms with van der Waals surface area (Å²) < 4.78 is 62.0. The molecule has 0 bridgehead atoms. The van der Waals surface area contributed by atoms with Crippen molar-refractivity contribution in [2.75, 3.05) is 6.61 Å². The first-order valence-electron chi connectivity index (χ1n) is 6.66. The smallest absolute Gasteiger partial charge is 0.282 e. The molecule has 0 fully saturated rings. The van der Waals surface area contributed by atoms with Crippen LogP contribution in [0.3, 0.4) is 0 Å². The first-order chi connectivity index (χ1) is 10.3. The van der Waals surface area contributed by atoms with Gasteiger partial charge in [0.15, 0.2) is 0 Å². The Morgan fingerprint density at radius 3 is 2.36 bits per heavy atom. The minimum absolute atomic E-state index is 0.0486. The summed E-state index contributed by atoms with van der Waals surface area (Å²) in [6.07, 6.45) is 1.25. The molecule has 0 atom stereocenters. The molecule has 2 rings (SSSR count). The lowest BCUT2D eigenvalue weighted by molar-refractivity contribution is 0.310. The molecule has 0 amide bonds. The summed E-state index contributed by atoms with van der Waals surface area (Å²) in [5.74, 6) is 0. The summed E-state index contributed by atoms with van der Waals surface area (Å²) in [6, 6.07) is 8.90. The van der Waals surface area contributed by atoms with E-state index in [1.807, 2.05) is 6.92 Å². The Bertz CT molecular complexity index is 885. The summed E-state index contributed by atoms with van der Waals surface area (Å²) >= 11 is 0. The number of fused-ring (bicyclic) bond motifs is 1. The third-order valence-corrected chi connectivity index (χ3v) is 5.55. The standard InChI is InChI=1S/C14H16O6S2/c1-2-3-10-20-22(18,19)14-12-7-5-4-6-11(12)8-9-13(14)21(15,16)17/h4-9H,2-3,10H2,1H3,(H,15,16,17). The van der Waals surface area contributed by atoms with E-state index in [0.717, 1.165) is 12.5 Å². The molecule has 0 aliphatic carbocycles. The number of hydrogen-bond donors (Lipinski definition) is 1. The van der Waals surface area contributed by atoms with Crippen molar-refractivity contribution < 1.29 is 25.6 Å². The zero-order valence-corrected chi connectivity index (χ0v) is 13.5. The molecule has 0 radical (unpaired) electrons. The highest BCUT2D eigenvalue weighted by molar-refractivity contribution is 7.89. The molecular weight excluding hydrogens is 328 g/mol. The highest BCUT2D eigenvalue weighted by Gasteiger charge is 2.28. The van der Waals surface area contributed by atoms with Crippen molar-refractivity contribution in [2.45, 2.75) is 29.6 Å². The number of rotatable bonds is 6. The van der Waals surface area contributed by atoms with E-state index in [1.165, 1.54) is 12.1 Å². The van der Waals surface area contributed by atoms with Crippen molar-refractivity contribution in [1.29, 1.82) is 0 Å². The van der Waals surface area contributed by atoms with Gasteiger partial charge < -0.3 is 0 Å². The van der Waals surface area contributed by atoms with E-state index < -0.39 is 30.0 Å². The summed E-state index contributed by atoms with van der Waals surface area (Å²) in [6.45, 7) is 1.82. The normalized spacial score (nSPS) is 12.6. The fourth-order valence-electron chi connectivity index (χ4n) is 2.06. The van der Waals surface area contributed by atoms with Gasteiger partial charge in [-0.3, -0.25) is 8.74 Å². The molecule has 6 nitrogen and oxygen atoms in total. The van der Waals surface area contributed by atoms with Gasteiger partial charge in [-0.15, -0.1) is 0 Å². The van der Waals surface area contributed by atoms with Crippen molar-refractivity contribution >= 4 is 31.0 Å². The van der Waals surface area contributed by atoms with Crippen LogP contribution in [0.2, 0.25) is 0 Å². The zero-order valence-electron chi connectivity index (χ0n) is 11.9. The van der Waals surface area contributed by atoms with E-state index in [-0.39, 0.29) is 12.0 Å². The molecule has 8 heteroatoms. The minimum atomic E-state index is -4.70. The molecule has 0 aromatic heterocycles. The molecule has 0 saturated carbocycles. The van der Waals surface area contributed by atoms with Gasteiger partial charge in [0.2, 0.25) is 0 Å². The number of unbranched alkanes of at least 4 members (excludes halogenated alkanes) is 1. The molecule has 0 aliphatic heterocycles. The van der Waals surface area contributed by atoms with Crippen LogP contribution in [0, 0.1) is 0 Å². The van der Waals surface area contributed by atoms with Gasteiger partial charge in [-0.2, -0.15) is 16.8 Å². The second-order valence-electron chi connectivity index (χ2n) is 4.72. The Morgan fingerprint density at radius 2 is 1.73 bits per heavy atom. The van der Waals surface area contributed by atoms with Crippen molar-refractivity contribution in [2.24, 2.45) is 0 Å². The molecule has 0 heterocycles. The third kappa shape index (κ3) is 3.46. The van der Waals surface area contributed by atoms with Gasteiger partial charge in [-0.25, -0.2) is 0 Å². The topological polar surface area (TPSA) is 97.7 Å². The molecule has 0 aliphatic rings. The lowest BCUT2D eigenvalue weighted by Crippen LogP contribution is -2.13. The van der Waals surface area contributed by atoms with Gasteiger partial charge in [0.25, 0.3) is 20.2 Å². The van der Waals surface area contributed by atoms with Crippen LogP contribution in [-0.4, -0.2) is 28.0 Å². The Kier molecular flexibility index (Phi) is 4.86. The third-order valence-electron chi connectivity index (χ3n) is 3.11. The van der Waals surface area contributed by atoms with Crippen LogP contribution in [-0.2, 0) is 24.4 Å². The van der Waals surface area contributed by atoms with E-state index in [4.69, 9.17) is 4.18 Å². The van der Waals surface area contributed by atoms with Crippen molar-refractivity contribution in [3.05, 3.63) is 36.4 Å². The van der Waals surface area contributed by atoms with Crippen molar-refractivity contribution in [1.82, 2.24) is 0 Å². The van der Waals surface area contributed by atoms with Gasteiger partial charge in [-0.1, -0.05) is 43.7 Å². The fraction of sp³-hybridized carbons (Fsp3) is 0.286. The number of hydrogen-bond acceptors (Lipinski definition) is 5. The van der Waals surface area contributed by atoms with Crippen molar-refractivity contribution in [3.63, 3.8) is 0 Å². The van der Waals surface area contributed by atoms with Gasteiger partial charge in [0.05, 0.1) is 6.61 Å². The molecular formula is C14H16O6S2. The highest BCUT2D eigenvalue weighted by atomic mass is 32.2. The first-order valence-corrected chi connectivity index (χ1v) is 9.51. The maximum atomic E-state index is 12.4. The Morgan fingerprint density at radius 1 is 1.05 bits per heavy atom. The number of benzene rings is 2. The van der Waals surface area contributed by atoms with Crippen LogP contribution < -0.4 is 0 Å². The Balaban J connectivity index is 2.73. The monoisotopic (exact) mass is 344 g/mol. The molecule has 0 unspecified atom stereocenters. The Hall–Kier alpha value is -1.48. The van der Waals surface area contributed by atoms with Crippen LogP contribution in [0.25, 0.3) is 10.8 Å². The van der Waals surface area contributed by atoms with Crippen LogP contribution in [0.5, 0.6) is 0 Å². The van der Waals surface area contributed by atoms with Crippen LogP contribution >= 0.6 is 0 Å². The summed E-state index contributed by atoms with van der Waals surface area (Å²) in [5.41, 5.74) is 0. The maximum absolute atomic E-state index is 12.4. The summed E-state index contributed by atoms with van der Waals surface area (Å²) in [5, 5.41) is 0.724. The predicted octanol–water partition coefficient (Wildman–Crippen LogP) is 2.59. The molecule has 0 saturated heterocycles. The van der Waals surface area contributed by atoms with Gasteiger partial charge in [0, 0.05) is 5.39 Å². The molecule has 1 N–H and O–H groups in total. The predicted molar refractivity (Wildman–Crippen MR) is 81.8 cm³/mol. The van der Waals surface area contributed by atoms with Crippen molar-refractivity contribution in [3.8, 4) is 0 Å². The quantitative estimate of drug-likeness (QED) is 0.491. The van der Waals surface area contributed by atoms with E-state index in [2.05, 4.69) is 0 Å². The average molecular weight is 344 g/mol. The zero-order chi connectivity index (χ0) is 16.4. The Labute approximate surface area is 129 Å². The molecule has 22 heavy (non-hydrogen) atoms. The maximum Gasteiger partial charge on any atom is 0.299 e. The highest BCUT2D eigenvalue weighted by Crippen LogP contribution is 2.31. The van der Waals surface area contributed by atoms with Crippen LogP contribution in [0.4, 0.5) is 0 Å². The van der Waals surface area contributed by atoms with Gasteiger partial charge in [0.1, 0.15) is 9.79 Å². The van der Waals surface area contributed by atoms with E-state index in [0.29, 0.717) is 11.8 Å². The first kappa shape index (κ1) is 16.9. The minimum Gasteiger partial charge on any atom is -0.282 e. The fourth-order valence-corrected chi connectivity index (χ4v) is 4.49. The molecule has 2 aromatic rings. The van der Waals surface area contributed by atoms with Crippen LogP contribution in [0.1, 0.15) is 19.8 Å².